The Morgan fingerprint density at radius 3 is 2.53 bits per heavy atom. The third-order valence-corrected chi connectivity index (χ3v) is 3.40. The lowest BCUT2D eigenvalue weighted by atomic mass is 10.1. The summed E-state index contributed by atoms with van der Waals surface area (Å²) in [4.78, 5) is 21.7. The molecule has 2 N–H and O–H groups in total. The number of nitrogens with one attached hydrogen (secondary N) is 1. The minimum atomic E-state index is -4.01. The number of aryl methyl sites for hydroxylation is 1. The fraction of sp³-hybridized carbons (Fsp3) is 0.273. The number of sulfonamides is 1. The molecule has 0 fully saturated rings. The Balaban J connectivity index is 3.07. The number of esters is 1. The number of hydrogen-bond acceptors (Lipinski definition) is 5. The predicted molar refractivity (Wildman–Crippen MR) is 67.6 cm³/mol. The zero-order valence-electron chi connectivity index (χ0n) is 10.3. The van der Waals surface area contributed by atoms with Crippen LogP contribution in [0.2, 0.25) is 0 Å². The van der Waals surface area contributed by atoms with E-state index in [0.29, 0.717) is 5.56 Å². The number of methoxy groups -OCH3 is 1. The molecule has 1 aromatic carbocycles. The molecular weight excluding hydrogens is 274 g/mol. The van der Waals surface area contributed by atoms with Crippen molar-refractivity contribution in [3.05, 3.63) is 29.3 Å². The van der Waals surface area contributed by atoms with Gasteiger partial charge in [0.25, 0.3) is 0 Å². The van der Waals surface area contributed by atoms with Crippen LogP contribution in [0, 0.1) is 6.92 Å². The zero-order chi connectivity index (χ0) is 14.6. The highest BCUT2D eigenvalue weighted by molar-refractivity contribution is 7.93. The van der Waals surface area contributed by atoms with Gasteiger partial charge in [-0.1, -0.05) is 6.07 Å². The Kier molecular flexibility index (Phi) is 4.49. The van der Waals surface area contributed by atoms with Crippen molar-refractivity contribution in [2.24, 2.45) is 0 Å². The van der Waals surface area contributed by atoms with Crippen molar-refractivity contribution >= 4 is 27.6 Å². The van der Waals surface area contributed by atoms with Crippen molar-refractivity contribution in [1.82, 2.24) is 0 Å². The molecule has 0 aliphatic rings. The first-order valence-electron chi connectivity index (χ1n) is 5.16. The molecule has 0 unspecified atom stereocenters. The number of rotatable bonds is 5. The van der Waals surface area contributed by atoms with Crippen molar-refractivity contribution in [3.8, 4) is 0 Å². The maximum Gasteiger partial charge on any atom is 0.337 e. The Labute approximate surface area is 110 Å². The molecule has 0 aromatic heterocycles. The molecule has 0 atom stereocenters. The van der Waals surface area contributed by atoms with E-state index in [-0.39, 0.29) is 11.3 Å². The molecule has 19 heavy (non-hydrogen) atoms. The molecule has 0 bridgehead atoms. The molecule has 0 aliphatic carbocycles. The lowest BCUT2D eigenvalue weighted by Gasteiger charge is -2.10. The maximum absolute atomic E-state index is 11.5. The molecule has 7 nitrogen and oxygen atoms in total. The Hall–Kier alpha value is -2.09. The van der Waals surface area contributed by atoms with E-state index in [1.807, 2.05) is 0 Å². The predicted octanol–water partition coefficient (Wildman–Crippen LogP) is 0.608. The first kappa shape index (κ1) is 15.0. The molecule has 0 spiro atoms. The van der Waals surface area contributed by atoms with Crippen LogP contribution >= 0.6 is 0 Å². The van der Waals surface area contributed by atoms with E-state index in [2.05, 4.69) is 9.46 Å². The molecule has 1 aromatic rings. The first-order chi connectivity index (χ1) is 8.75. The minimum absolute atomic E-state index is 0.143. The van der Waals surface area contributed by atoms with Gasteiger partial charge in [-0.25, -0.2) is 13.2 Å². The van der Waals surface area contributed by atoms with Crippen LogP contribution in [0.5, 0.6) is 0 Å². The summed E-state index contributed by atoms with van der Waals surface area (Å²) < 4.78 is 29.6. The van der Waals surface area contributed by atoms with Gasteiger partial charge in [0.05, 0.1) is 18.4 Å². The van der Waals surface area contributed by atoms with Crippen LogP contribution in [-0.4, -0.2) is 38.3 Å². The van der Waals surface area contributed by atoms with Crippen LogP contribution in [0.3, 0.4) is 0 Å². The van der Waals surface area contributed by atoms with Crippen molar-refractivity contribution in [2.45, 2.75) is 6.92 Å². The fourth-order valence-electron chi connectivity index (χ4n) is 1.34. The average molecular weight is 287 g/mol. The normalized spacial score (nSPS) is 10.8. The number of benzene rings is 1. The maximum atomic E-state index is 11.5. The monoisotopic (exact) mass is 287 g/mol. The van der Waals surface area contributed by atoms with Crippen molar-refractivity contribution in [2.75, 3.05) is 17.6 Å². The lowest BCUT2D eigenvalue weighted by Crippen LogP contribution is -2.23. The fourth-order valence-corrected chi connectivity index (χ4v) is 2.30. The first-order valence-corrected chi connectivity index (χ1v) is 6.81. The van der Waals surface area contributed by atoms with E-state index >= 15 is 0 Å². The van der Waals surface area contributed by atoms with Gasteiger partial charge in [-0.3, -0.25) is 9.52 Å². The molecule has 104 valence electrons. The summed E-state index contributed by atoms with van der Waals surface area (Å²) in [5.74, 6) is -3.12. The van der Waals surface area contributed by atoms with E-state index in [9.17, 15) is 18.0 Å². The molecular formula is C11H13NO6S. The van der Waals surface area contributed by atoms with Gasteiger partial charge in [-0.05, 0) is 24.6 Å². The summed E-state index contributed by atoms with van der Waals surface area (Å²) in [6, 6.07) is 4.31. The summed E-state index contributed by atoms with van der Waals surface area (Å²) in [5.41, 5.74) is 0.867. The van der Waals surface area contributed by atoms with Gasteiger partial charge in [0.1, 0.15) is 0 Å². The van der Waals surface area contributed by atoms with Gasteiger partial charge < -0.3 is 9.84 Å². The van der Waals surface area contributed by atoms with Crippen molar-refractivity contribution in [1.29, 1.82) is 0 Å². The third-order valence-electron chi connectivity index (χ3n) is 2.24. The van der Waals surface area contributed by atoms with Crippen LogP contribution in [0.25, 0.3) is 0 Å². The summed E-state index contributed by atoms with van der Waals surface area (Å²) in [6.45, 7) is 1.62. The van der Waals surface area contributed by atoms with Gasteiger partial charge in [-0.15, -0.1) is 0 Å². The second-order valence-corrected chi connectivity index (χ2v) is 5.50. The highest BCUT2D eigenvalue weighted by Gasteiger charge is 2.17. The van der Waals surface area contributed by atoms with Crippen LogP contribution in [0.15, 0.2) is 18.2 Å². The summed E-state index contributed by atoms with van der Waals surface area (Å²) >= 11 is 0. The number of aliphatic carboxylic acids is 1. The molecule has 0 saturated carbocycles. The smallest absolute Gasteiger partial charge is 0.337 e. The number of carbonyl (C=O) groups excluding carboxylic acids is 1. The average Bonchev–Trinajstić information content (AvgIpc) is 2.29. The Bertz CT molecular complexity index is 608. The molecule has 0 radical (unpaired) electrons. The van der Waals surface area contributed by atoms with Gasteiger partial charge in [0.2, 0.25) is 10.0 Å². The second-order valence-electron chi connectivity index (χ2n) is 3.78. The highest BCUT2D eigenvalue weighted by atomic mass is 32.2. The summed E-state index contributed by atoms with van der Waals surface area (Å²) in [5, 5.41) is 8.48. The standard InChI is InChI=1S/C11H13NO6S/c1-7-3-4-8(11(15)18-2)5-9(7)12-19(16,17)6-10(13)14/h3-5,12H,6H2,1-2H3,(H,13,14). The van der Waals surface area contributed by atoms with E-state index in [1.54, 1.807) is 6.92 Å². The minimum Gasteiger partial charge on any atom is -0.480 e. The molecule has 8 heteroatoms. The van der Waals surface area contributed by atoms with Gasteiger partial charge in [0, 0.05) is 0 Å². The SMILES string of the molecule is COC(=O)c1ccc(C)c(NS(=O)(=O)CC(=O)O)c1. The van der Waals surface area contributed by atoms with Crippen LogP contribution in [0.1, 0.15) is 15.9 Å². The van der Waals surface area contributed by atoms with E-state index in [4.69, 9.17) is 5.11 Å². The van der Waals surface area contributed by atoms with Crippen LogP contribution in [0.4, 0.5) is 5.69 Å². The van der Waals surface area contributed by atoms with E-state index < -0.39 is 27.7 Å². The van der Waals surface area contributed by atoms with Crippen LogP contribution < -0.4 is 4.72 Å². The van der Waals surface area contributed by atoms with Gasteiger partial charge >= 0.3 is 11.9 Å². The van der Waals surface area contributed by atoms with Crippen molar-refractivity contribution < 1.29 is 27.9 Å². The number of carboxylic acids is 1. The second kappa shape index (κ2) is 5.70. The molecule has 0 saturated heterocycles. The summed E-state index contributed by atoms with van der Waals surface area (Å²) in [7, 11) is -2.80. The van der Waals surface area contributed by atoms with Gasteiger partial charge in [0.15, 0.2) is 5.75 Å². The number of ether oxygens (including phenoxy) is 1. The highest BCUT2D eigenvalue weighted by Crippen LogP contribution is 2.19. The zero-order valence-corrected chi connectivity index (χ0v) is 11.2. The Morgan fingerprint density at radius 1 is 1.37 bits per heavy atom. The quantitative estimate of drug-likeness (QED) is 0.768. The topological polar surface area (TPSA) is 110 Å². The van der Waals surface area contributed by atoms with E-state index in [1.165, 1.54) is 25.3 Å². The van der Waals surface area contributed by atoms with Crippen LogP contribution in [-0.2, 0) is 19.6 Å². The van der Waals surface area contributed by atoms with E-state index in [0.717, 1.165) is 0 Å². The summed E-state index contributed by atoms with van der Waals surface area (Å²) in [6.07, 6.45) is 0. The molecule has 0 amide bonds. The molecule has 0 aliphatic heterocycles. The number of anilines is 1. The Morgan fingerprint density at radius 2 is 2.00 bits per heavy atom. The van der Waals surface area contributed by atoms with Gasteiger partial charge in [-0.2, -0.15) is 0 Å². The van der Waals surface area contributed by atoms with Crippen molar-refractivity contribution in [3.63, 3.8) is 0 Å². The molecule has 0 heterocycles. The third kappa shape index (κ3) is 4.25. The number of hydrogen-bond donors (Lipinski definition) is 2. The molecule has 1 rings (SSSR count). The number of carbonyl (C=O) groups is 2. The largest absolute Gasteiger partial charge is 0.480 e. The lowest BCUT2D eigenvalue weighted by molar-refractivity contribution is -0.134. The number of carboxylic acid groups (broad SMARTS) is 1.